The maximum Gasteiger partial charge on any atom is 0.249 e. The van der Waals surface area contributed by atoms with Crippen LogP contribution in [0.2, 0.25) is 0 Å². The van der Waals surface area contributed by atoms with Crippen molar-refractivity contribution in [2.45, 2.75) is 332 Å². The van der Waals surface area contributed by atoms with E-state index < -0.39 is 74.2 Å². The summed E-state index contributed by atoms with van der Waals surface area (Å²) in [5.74, 6) is -0.708. The Morgan fingerprint density at radius 3 is 1.24 bits per heavy atom. The minimum Gasteiger partial charge on any atom is -0.394 e. The zero-order valence-corrected chi connectivity index (χ0v) is 46.4. The van der Waals surface area contributed by atoms with E-state index in [2.05, 4.69) is 55.6 Å². The molecule has 11 nitrogen and oxygen atoms in total. The molecule has 0 aromatic carbocycles. The predicted molar refractivity (Wildman–Crippen MR) is 298 cm³/mol. The maximum absolute atomic E-state index is 13.2. The summed E-state index contributed by atoms with van der Waals surface area (Å²) in [6, 6.07) is -1.19. The molecule has 9 unspecified atom stereocenters. The van der Waals surface area contributed by atoms with Crippen LogP contribution >= 0.6 is 0 Å². The summed E-state index contributed by atoms with van der Waals surface area (Å²) in [6.07, 6.45) is 50.7. The first-order chi connectivity index (χ1) is 35.2. The molecule has 1 amide bonds. The van der Waals surface area contributed by atoms with Crippen LogP contribution in [0, 0.1) is 0 Å². The van der Waals surface area contributed by atoms with Gasteiger partial charge in [-0.2, -0.15) is 0 Å². The number of carbonyl (C=O) groups is 1. The molecule has 1 heterocycles. The fourth-order valence-electron chi connectivity index (χ4n) is 9.71. The minimum atomic E-state index is -1.67. The summed E-state index contributed by atoms with van der Waals surface area (Å²) < 4.78 is 11.1. The number of ether oxygens (including phenoxy) is 2. The molecule has 8 N–H and O–H groups in total. The molecule has 9 atom stereocenters. The second-order valence-corrected chi connectivity index (χ2v) is 21.4. The Morgan fingerprint density at radius 2 is 0.833 bits per heavy atom. The molecule has 72 heavy (non-hydrogen) atoms. The van der Waals surface area contributed by atoms with E-state index in [9.17, 15) is 40.5 Å². The molecule has 0 spiro atoms. The van der Waals surface area contributed by atoms with Gasteiger partial charge in [-0.1, -0.05) is 249 Å². The van der Waals surface area contributed by atoms with Gasteiger partial charge in [0.25, 0.3) is 0 Å². The van der Waals surface area contributed by atoms with Gasteiger partial charge in [-0.05, 0) is 64.2 Å². The second kappa shape index (κ2) is 50.2. The van der Waals surface area contributed by atoms with Crippen LogP contribution < -0.4 is 5.32 Å². The van der Waals surface area contributed by atoms with E-state index in [1.807, 2.05) is 0 Å². The number of amides is 1. The number of hydrogen-bond acceptors (Lipinski definition) is 10. The SMILES string of the molecule is CCCCCCC/C=C/CC/C=C/CC/C=C/CCCC(O)C(O)C(COC1OC(CO)C(O)C(O)C1O)NC(=O)C(O)CCCCCCCCCCCCCCCCCCCCCCCCCCCCC. The van der Waals surface area contributed by atoms with Crippen molar-refractivity contribution in [3.05, 3.63) is 36.5 Å². The van der Waals surface area contributed by atoms with Gasteiger partial charge in [0.05, 0.1) is 25.4 Å². The first-order valence-corrected chi connectivity index (χ1v) is 30.4. The second-order valence-electron chi connectivity index (χ2n) is 21.4. The molecule has 0 aromatic heterocycles. The summed E-state index contributed by atoms with van der Waals surface area (Å²) in [6.45, 7) is 3.45. The van der Waals surface area contributed by atoms with Crippen molar-refractivity contribution in [2.75, 3.05) is 13.2 Å². The number of rotatable bonds is 52. The maximum atomic E-state index is 13.2. The van der Waals surface area contributed by atoms with Crippen LogP contribution in [0.15, 0.2) is 36.5 Å². The smallest absolute Gasteiger partial charge is 0.249 e. The molecule has 0 aliphatic carbocycles. The summed E-state index contributed by atoms with van der Waals surface area (Å²) in [5, 5.41) is 76.1. The van der Waals surface area contributed by atoms with Gasteiger partial charge in [0.1, 0.15) is 36.6 Å². The molecule has 1 aliphatic rings. The summed E-state index contributed by atoms with van der Waals surface area (Å²) >= 11 is 0. The zero-order valence-electron chi connectivity index (χ0n) is 46.4. The Kier molecular flexibility index (Phi) is 47.6. The van der Waals surface area contributed by atoms with Crippen molar-refractivity contribution < 1.29 is 50.0 Å². The van der Waals surface area contributed by atoms with E-state index >= 15 is 0 Å². The first kappa shape index (κ1) is 68.3. The Balaban J connectivity index is 2.28. The molecule has 0 saturated carbocycles. The van der Waals surface area contributed by atoms with Crippen molar-refractivity contribution in [1.29, 1.82) is 0 Å². The lowest BCUT2D eigenvalue weighted by Crippen LogP contribution is -2.60. The monoisotopic (exact) mass is 1020 g/mol. The van der Waals surface area contributed by atoms with E-state index in [-0.39, 0.29) is 12.8 Å². The zero-order chi connectivity index (χ0) is 52.5. The van der Waals surface area contributed by atoms with E-state index in [4.69, 9.17) is 9.47 Å². The molecule has 1 aliphatic heterocycles. The average Bonchev–Trinajstić information content (AvgIpc) is 3.38. The number of unbranched alkanes of at least 4 members (excludes halogenated alkanes) is 34. The Labute approximate surface area is 441 Å². The van der Waals surface area contributed by atoms with Crippen LogP contribution in [-0.2, 0) is 14.3 Å². The molecular formula is C61H115NO10. The van der Waals surface area contributed by atoms with Gasteiger partial charge in [-0.15, -0.1) is 0 Å². The topological polar surface area (TPSA) is 189 Å². The molecule has 1 fully saturated rings. The first-order valence-electron chi connectivity index (χ1n) is 30.4. The molecule has 424 valence electrons. The largest absolute Gasteiger partial charge is 0.394 e. The van der Waals surface area contributed by atoms with Gasteiger partial charge in [0.2, 0.25) is 5.91 Å². The Morgan fingerprint density at radius 1 is 0.472 bits per heavy atom. The van der Waals surface area contributed by atoms with Crippen LogP contribution in [0.3, 0.4) is 0 Å². The third kappa shape index (κ3) is 38.0. The van der Waals surface area contributed by atoms with Crippen LogP contribution in [0.25, 0.3) is 0 Å². The van der Waals surface area contributed by atoms with E-state index in [1.54, 1.807) is 0 Å². The molecule has 1 rings (SSSR count). The van der Waals surface area contributed by atoms with Crippen molar-refractivity contribution in [1.82, 2.24) is 5.32 Å². The normalized spacial score (nSPS) is 20.3. The van der Waals surface area contributed by atoms with Gasteiger partial charge in [0, 0.05) is 0 Å². The highest BCUT2D eigenvalue weighted by Gasteiger charge is 2.44. The lowest BCUT2D eigenvalue weighted by Gasteiger charge is -2.40. The Hall–Kier alpha value is -1.67. The van der Waals surface area contributed by atoms with Crippen LogP contribution in [0.1, 0.15) is 277 Å². The summed E-state index contributed by atoms with van der Waals surface area (Å²) in [7, 11) is 0. The lowest BCUT2D eigenvalue weighted by molar-refractivity contribution is -0.303. The highest BCUT2D eigenvalue weighted by Crippen LogP contribution is 2.23. The fraction of sp³-hybridized carbons (Fsp3) is 0.885. The summed E-state index contributed by atoms with van der Waals surface area (Å²) in [4.78, 5) is 13.2. The number of allylic oxidation sites excluding steroid dienone is 6. The number of carbonyl (C=O) groups excluding carboxylic acids is 1. The number of nitrogens with one attached hydrogen (secondary N) is 1. The van der Waals surface area contributed by atoms with Crippen molar-refractivity contribution in [3.63, 3.8) is 0 Å². The molecule has 1 saturated heterocycles. The number of hydrogen-bond donors (Lipinski definition) is 8. The predicted octanol–water partition coefficient (Wildman–Crippen LogP) is 13.1. The molecule has 11 heteroatoms. The van der Waals surface area contributed by atoms with Crippen molar-refractivity contribution in [3.8, 4) is 0 Å². The summed E-state index contributed by atoms with van der Waals surface area (Å²) in [5.41, 5.74) is 0. The quantitative estimate of drug-likeness (QED) is 0.0215. The standard InChI is InChI=1S/C61H115NO10/c1-3-5-7-9-11-13-15-17-19-21-23-24-25-26-27-28-29-30-31-33-35-37-39-41-43-45-47-49-54(65)60(70)62-52(51-71-61-59(69)58(68)57(67)55(50-63)72-61)56(66)53(64)48-46-44-42-40-38-36-34-32-22-20-18-16-14-12-10-8-6-4-2/h16,18,32,34,40,42,52-59,61,63-69H,3-15,17,19-31,33,35-39,41,43-51H2,1-2H3,(H,62,70)/b18-16+,34-32+,42-40+. The number of aliphatic hydroxyl groups excluding tert-OH is 7. The third-order valence-corrected chi connectivity index (χ3v) is 14.7. The molecule has 0 aromatic rings. The van der Waals surface area contributed by atoms with Crippen molar-refractivity contribution in [2.24, 2.45) is 0 Å². The highest BCUT2D eigenvalue weighted by molar-refractivity contribution is 5.80. The van der Waals surface area contributed by atoms with E-state index in [0.717, 1.165) is 44.9 Å². The van der Waals surface area contributed by atoms with Crippen molar-refractivity contribution >= 4 is 5.91 Å². The van der Waals surface area contributed by atoms with Crippen LogP contribution in [0.4, 0.5) is 0 Å². The van der Waals surface area contributed by atoms with Gasteiger partial charge in [0.15, 0.2) is 6.29 Å². The fourth-order valence-corrected chi connectivity index (χ4v) is 9.71. The molecule has 0 bridgehead atoms. The lowest BCUT2D eigenvalue weighted by atomic mass is 9.98. The molecule has 0 radical (unpaired) electrons. The highest BCUT2D eigenvalue weighted by atomic mass is 16.7. The average molecular weight is 1020 g/mol. The van der Waals surface area contributed by atoms with Crippen LogP contribution in [-0.4, -0.2) is 110 Å². The van der Waals surface area contributed by atoms with Gasteiger partial charge in [-0.25, -0.2) is 0 Å². The molecular weight excluding hydrogens is 907 g/mol. The van der Waals surface area contributed by atoms with E-state index in [0.29, 0.717) is 19.3 Å². The number of aliphatic hydroxyl groups is 7. The van der Waals surface area contributed by atoms with Gasteiger partial charge >= 0.3 is 0 Å². The minimum absolute atomic E-state index is 0.242. The van der Waals surface area contributed by atoms with Crippen LogP contribution in [0.5, 0.6) is 0 Å². The van der Waals surface area contributed by atoms with E-state index in [1.165, 1.54) is 186 Å². The third-order valence-electron chi connectivity index (χ3n) is 14.7. The Bertz CT molecular complexity index is 1260. The van der Waals surface area contributed by atoms with Gasteiger partial charge < -0.3 is 50.5 Å². The van der Waals surface area contributed by atoms with Gasteiger partial charge in [-0.3, -0.25) is 4.79 Å².